The van der Waals surface area contributed by atoms with Crippen molar-refractivity contribution in [2.24, 2.45) is 0 Å². The molecule has 0 radical (unpaired) electrons. The Morgan fingerprint density at radius 1 is 1.00 bits per heavy atom. The molecular formula is C3H7FO6S2. The number of hydrogen-bond acceptors (Lipinski definition) is 6. The van der Waals surface area contributed by atoms with Gasteiger partial charge in [-0.15, -0.1) is 0 Å². The molecule has 0 aliphatic rings. The van der Waals surface area contributed by atoms with Crippen LogP contribution < -0.4 is 0 Å². The summed E-state index contributed by atoms with van der Waals surface area (Å²) in [6, 6.07) is 0. The Labute approximate surface area is 69.5 Å². The van der Waals surface area contributed by atoms with E-state index in [0.717, 1.165) is 0 Å². The molecule has 0 rings (SSSR count). The van der Waals surface area contributed by atoms with Crippen LogP contribution in [-0.4, -0.2) is 35.9 Å². The van der Waals surface area contributed by atoms with E-state index in [0.29, 0.717) is 14.2 Å². The summed E-state index contributed by atoms with van der Waals surface area (Å²) >= 11 is 0. The third kappa shape index (κ3) is 2.37. The van der Waals surface area contributed by atoms with Crippen LogP contribution in [0.3, 0.4) is 0 Å². The van der Waals surface area contributed by atoms with E-state index in [-0.39, 0.29) is 0 Å². The smallest absolute Gasteiger partial charge is 0.270 e. The minimum Gasteiger partial charge on any atom is -0.270 e. The summed E-state index contributed by atoms with van der Waals surface area (Å²) in [6.07, 6.45) is 0. The molecule has 0 aliphatic heterocycles. The second-order valence-corrected chi connectivity index (χ2v) is 5.36. The van der Waals surface area contributed by atoms with E-state index in [1.54, 1.807) is 0 Å². The fourth-order valence-electron chi connectivity index (χ4n) is 0.296. The molecule has 0 bridgehead atoms. The van der Waals surface area contributed by atoms with Crippen molar-refractivity contribution in [1.29, 1.82) is 0 Å². The number of hydrogen-bond donors (Lipinski definition) is 0. The lowest BCUT2D eigenvalue weighted by atomic mass is 11.8. The largest absolute Gasteiger partial charge is 0.348 e. The van der Waals surface area contributed by atoms with Gasteiger partial charge in [0.15, 0.2) is 0 Å². The molecule has 0 unspecified atom stereocenters. The van der Waals surface area contributed by atoms with Gasteiger partial charge in [-0.05, 0) is 0 Å². The van der Waals surface area contributed by atoms with Crippen LogP contribution >= 0.6 is 0 Å². The van der Waals surface area contributed by atoms with E-state index in [1.165, 1.54) is 0 Å². The van der Waals surface area contributed by atoms with Crippen LogP contribution in [0.4, 0.5) is 4.39 Å². The van der Waals surface area contributed by atoms with E-state index < -0.39 is 25.1 Å². The van der Waals surface area contributed by atoms with Gasteiger partial charge < -0.3 is 0 Å². The summed E-state index contributed by atoms with van der Waals surface area (Å²) in [7, 11) is -8.20. The van der Waals surface area contributed by atoms with Crippen molar-refractivity contribution >= 4 is 20.2 Å². The molecule has 74 valence electrons. The van der Waals surface area contributed by atoms with E-state index in [1.807, 2.05) is 0 Å². The normalized spacial score (nSPS) is 13.7. The molecule has 0 heterocycles. The van der Waals surface area contributed by atoms with Gasteiger partial charge in [-0.1, -0.05) is 0 Å². The highest BCUT2D eigenvalue weighted by molar-refractivity contribution is 8.04. The van der Waals surface area contributed by atoms with E-state index in [2.05, 4.69) is 8.37 Å². The zero-order chi connectivity index (χ0) is 9.99. The third-order valence-electron chi connectivity index (χ3n) is 0.919. The molecular weight excluding hydrogens is 215 g/mol. The maximum atomic E-state index is 12.5. The number of alkyl halides is 1. The minimum absolute atomic E-state index is 0.646. The highest BCUT2D eigenvalue weighted by atomic mass is 32.3. The quantitative estimate of drug-likeness (QED) is 0.578. The Morgan fingerprint density at radius 2 is 1.25 bits per heavy atom. The van der Waals surface area contributed by atoms with Gasteiger partial charge in [0.1, 0.15) is 0 Å². The van der Waals surface area contributed by atoms with Crippen LogP contribution in [0.25, 0.3) is 0 Å². The maximum absolute atomic E-state index is 12.5. The number of halogens is 1. The molecule has 0 fully saturated rings. The second-order valence-electron chi connectivity index (χ2n) is 1.59. The van der Waals surface area contributed by atoms with Gasteiger partial charge in [-0.3, -0.25) is 8.37 Å². The lowest BCUT2D eigenvalue weighted by Gasteiger charge is -2.05. The summed E-state index contributed by atoms with van der Waals surface area (Å²) < 4.78 is 61.6. The molecule has 9 heteroatoms. The summed E-state index contributed by atoms with van der Waals surface area (Å²) in [5, 5.41) is 0. The highest BCUT2D eigenvalue weighted by Crippen LogP contribution is 2.13. The van der Waals surface area contributed by atoms with Gasteiger partial charge in [-0.25, -0.2) is 4.39 Å². The topological polar surface area (TPSA) is 86.7 Å². The molecule has 0 aromatic carbocycles. The first-order valence-corrected chi connectivity index (χ1v) is 5.45. The van der Waals surface area contributed by atoms with Crippen LogP contribution in [0.5, 0.6) is 0 Å². The summed E-state index contributed by atoms with van der Waals surface area (Å²) in [5.41, 5.74) is 0. The van der Waals surface area contributed by atoms with E-state index >= 15 is 0 Å². The Hall–Kier alpha value is -0.250. The van der Waals surface area contributed by atoms with Crippen molar-refractivity contribution in [1.82, 2.24) is 0 Å². The van der Waals surface area contributed by atoms with Crippen LogP contribution in [0.2, 0.25) is 0 Å². The molecule has 6 nitrogen and oxygen atoms in total. The predicted octanol–water partition coefficient (Wildman–Crippen LogP) is -0.808. The molecule has 0 amide bonds. The zero-order valence-corrected chi connectivity index (χ0v) is 7.85. The Morgan fingerprint density at radius 3 is 1.42 bits per heavy atom. The van der Waals surface area contributed by atoms with Gasteiger partial charge in [0.25, 0.3) is 0 Å². The van der Waals surface area contributed by atoms with Gasteiger partial charge in [-0.2, -0.15) is 16.8 Å². The first-order chi connectivity index (χ1) is 5.28. The second kappa shape index (κ2) is 3.64. The SMILES string of the molecule is COS(=O)(=O)C(F)S(=O)(=O)OC. The maximum Gasteiger partial charge on any atom is 0.348 e. The fourth-order valence-corrected chi connectivity index (χ4v) is 2.22. The Bertz CT molecular complexity index is 294. The third-order valence-corrected chi connectivity index (χ3v) is 4.17. The first-order valence-electron chi connectivity index (χ1n) is 2.51. The van der Waals surface area contributed by atoms with Crippen molar-refractivity contribution in [3.63, 3.8) is 0 Å². The van der Waals surface area contributed by atoms with Crippen molar-refractivity contribution in [2.75, 3.05) is 14.2 Å². The highest BCUT2D eigenvalue weighted by Gasteiger charge is 2.38. The van der Waals surface area contributed by atoms with Gasteiger partial charge >= 0.3 is 25.1 Å². The van der Waals surface area contributed by atoms with Crippen molar-refractivity contribution in [3.05, 3.63) is 0 Å². The average Bonchev–Trinajstić information content (AvgIpc) is 2.03. The molecule has 0 saturated heterocycles. The van der Waals surface area contributed by atoms with Crippen molar-refractivity contribution in [2.45, 2.75) is 4.84 Å². The van der Waals surface area contributed by atoms with Crippen LogP contribution in [0, 0.1) is 0 Å². The van der Waals surface area contributed by atoms with Crippen molar-refractivity contribution < 1.29 is 29.6 Å². The number of rotatable bonds is 4. The van der Waals surface area contributed by atoms with Crippen molar-refractivity contribution in [3.8, 4) is 0 Å². The zero-order valence-electron chi connectivity index (χ0n) is 6.22. The van der Waals surface area contributed by atoms with Crippen LogP contribution in [-0.2, 0) is 28.6 Å². The fraction of sp³-hybridized carbons (Fsp3) is 1.00. The summed E-state index contributed by atoms with van der Waals surface area (Å²) in [4.78, 5) is -3.21. The van der Waals surface area contributed by atoms with Gasteiger partial charge in [0.05, 0.1) is 14.2 Å². The monoisotopic (exact) mass is 222 g/mol. The molecule has 0 saturated carbocycles. The lowest BCUT2D eigenvalue weighted by molar-refractivity contribution is 0.336. The molecule has 0 aromatic rings. The molecule has 0 atom stereocenters. The molecule has 0 spiro atoms. The minimum atomic E-state index is -4.75. The van der Waals surface area contributed by atoms with E-state index in [4.69, 9.17) is 0 Å². The van der Waals surface area contributed by atoms with Crippen LogP contribution in [0.1, 0.15) is 0 Å². The molecule has 0 aromatic heterocycles. The predicted molar refractivity (Wildman–Crippen MR) is 36.8 cm³/mol. The molecule has 0 aliphatic carbocycles. The molecule has 0 N–H and O–H groups in total. The average molecular weight is 222 g/mol. The first kappa shape index (κ1) is 11.8. The van der Waals surface area contributed by atoms with E-state index in [9.17, 15) is 21.2 Å². The van der Waals surface area contributed by atoms with Crippen LogP contribution in [0.15, 0.2) is 0 Å². The Kier molecular flexibility index (Phi) is 3.57. The molecule has 12 heavy (non-hydrogen) atoms. The standard InChI is InChI=1S/C3H7FO6S2/c1-9-11(5,6)3(4)12(7,8)10-2/h3H,1-2H3. The summed E-state index contributed by atoms with van der Waals surface area (Å²) in [6.45, 7) is 0. The Balaban J connectivity index is 5.00. The van der Waals surface area contributed by atoms with Gasteiger partial charge in [0.2, 0.25) is 0 Å². The summed E-state index contributed by atoms with van der Waals surface area (Å²) in [5.74, 6) is 0. The lowest BCUT2D eigenvalue weighted by Crippen LogP contribution is -2.27. The van der Waals surface area contributed by atoms with Gasteiger partial charge in [0, 0.05) is 0 Å².